The second kappa shape index (κ2) is 10.2. The van der Waals surface area contributed by atoms with Gasteiger partial charge < -0.3 is 14.8 Å². The molecule has 0 spiro atoms. The Balaban J connectivity index is 1.77. The standard InChI is InChI=1S/C22H23N3O6/c1-22(2,3)16-4-7-18(8-5-16)30-11-10-21(27)31-14-20(26)24-19-9-6-17(25(28)29)12-15(19)13-23/h4-9,12H,10-11,14H2,1-3H3,(H,24,26). The number of amides is 1. The minimum absolute atomic E-state index is 0.0331. The lowest BCUT2D eigenvalue weighted by molar-refractivity contribution is -0.384. The van der Waals surface area contributed by atoms with Crippen LogP contribution >= 0.6 is 0 Å². The van der Waals surface area contributed by atoms with E-state index in [9.17, 15) is 19.7 Å². The molecule has 0 bridgehead atoms. The summed E-state index contributed by atoms with van der Waals surface area (Å²) in [5.41, 5.74) is 0.952. The molecule has 31 heavy (non-hydrogen) atoms. The van der Waals surface area contributed by atoms with E-state index < -0.39 is 23.4 Å². The number of non-ortho nitro benzene ring substituents is 1. The summed E-state index contributed by atoms with van der Waals surface area (Å²) in [6.45, 7) is 5.87. The number of nitro benzene ring substituents is 1. The van der Waals surface area contributed by atoms with Crippen LogP contribution in [0.4, 0.5) is 11.4 Å². The molecule has 2 rings (SSSR count). The van der Waals surface area contributed by atoms with Crippen molar-refractivity contribution in [2.75, 3.05) is 18.5 Å². The number of carbonyl (C=O) groups is 2. The average molecular weight is 425 g/mol. The second-order valence-corrected chi connectivity index (χ2v) is 7.68. The van der Waals surface area contributed by atoms with E-state index >= 15 is 0 Å². The highest BCUT2D eigenvalue weighted by molar-refractivity contribution is 5.94. The summed E-state index contributed by atoms with van der Waals surface area (Å²) in [4.78, 5) is 33.9. The van der Waals surface area contributed by atoms with Gasteiger partial charge in [-0.25, -0.2) is 0 Å². The third-order valence-corrected chi connectivity index (χ3v) is 4.27. The van der Waals surface area contributed by atoms with Crippen LogP contribution in [-0.2, 0) is 19.7 Å². The van der Waals surface area contributed by atoms with Crippen molar-refractivity contribution < 1.29 is 24.0 Å². The number of hydrogen-bond donors (Lipinski definition) is 1. The summed E-state index contributed by atoms with van der Waals surface area (Å²) in [5.74, 6) is -0.663. The van der Waals surface area contributed by atoms with Gasteiger partial charge in [-0.15, -0.1) is 0 Å². The zero-order chi connectivity index (χ0) is 23.0. The number of anilines is 1. The van der Waals surface area contributed by atoms with E-state index in [0.717, 1.165) is 17.7 Å². The summed E-state index contributed by atoms with van der Waals surface area (Å²) in [5, 5.41) is 22.2. The number of ether oxygens (including phenoxy) is 2. The van der Waals surface area contributed by atoms with Crippen molar-refractivity contribution in [1.29, 1.82) is 5.26 Å². The van der Waals surface area contributed by atoms with Gasteiger partial charge in [-0.1, -0.05) is 32.9 Å². The summed E-state index contributed by atoms with van der Waals surface area (Å²) in [6, 6.07) is 12.8. The van der Waals surface area contributed by atoms with Gasteiger partial charge in [0.1, 0.15) is 11.8 Å². The van der Waals surface area contributed by atoms with Crippen LogP contribution in [0.3, 0.4) is 0 Å². The molecular weight excluding hydrogens is 402 g/mol. The smallest absolute Gasteiger partial charge is 0.309 e. The Morgan fingerprint density at radius 3 is 2.42 bits per heavy atom. The van der Waals surface area contributed by atoms with E-state index in [4.69, 9.17) is 14.7 Å². The number of nitriles is 1. The SMILES string of the molecule is CC(C)(C)c1ccc(OCCC(=O)OCC(=O)Nc2ccc([N+](=O)[O-])cc2C#N)cc1. The Kier molecular flexibility index (Phi) is 7.69. The molecule has 0 saturated carbocycles. The predicted octanol–water partition coefficient (Wildman–Crippen LogP) is 3.71. The Hall–Kier alpha value is -3.93. The number of rotatable bonds is 8. The fourth-order valence-corrected chi connectivity index (χ4v) is 2.56. The molecule has 0 aliphatic heterocycles. The zero-order valence-electron chi connectivity index (χ0n) is 17.5. The van der Waals surface area contributed by atoms with Crippen molar-refractivity contribution in [1.82, 2.24) is 0 Å². The first-order valence-electron chi connectivity index (χ1n) is 9.47. The number of benzene rings is 2. The van der Waals surface area contributed by atoms with Crippen molar-refractivity contribution in [3.63, 3.8) is 0 Å². The summed E-state index contributed by atoms with van der Waals surface area (Å²) < 4.78 is 10.4. The van der Waals surface area contributed by atoms with Crippen LogP contribution in [0.1, 0.15) is 38.3 Å². The fraction of sp³-hybridized carbons (Fsp3) is 0.318. The molecule has 162 valence electrons. The molecule has 9 nitrogen and oxygen atoms in total. The van der Waals surface area contributed by atoms with Crippen molar-refractivity contribution in [2.24, 2.45) is 0 Å². The lowest BCUT2D eigenvalue weighted by atomic mass is 9.87. The van der Waals surface area contributed by atoms with Crippen molar-refractivity contribution in [3.05, 3.63) is 63.7 Å². The number of nitrogens with one attached hydrogen (secondary N) is 1. The van der Waals surface area contributed by atoms with Crippen molar-refractivity contribution >= 4 is 23.3 Å². The molecule has 0 fully saturated rings. The Bertz CT molecular complexity index is 1000. The van der Waals surface area contributed by atoms with Gasteiger partial charge in [0.25, 0.3) is 11.6 Å². The van der Waals surface area contributed by atoms with E-state index in [1.807, 2.05) is 24.3 Å². The van der Waals surface area contributed by atoms with Gasteiger partial charge in [-0.3, -0.25) is 19.7 Å². The molecule has 0 heterocycles. The first kappa shape index (κ1) is 23.3. The molecule has 9 heteroatoms. The Labute approximate surface area is 179 Å². The van der Waals surface area contributed by atoms with Gasteiger partial charge in [0, 0.05) is 12.1 Å². The molecule has 2 aromatic rings. The maximum absolute atomic E-state index is 11.9. The van der Waals surface area contributed by atoms with Crippen LogP contribution in [0.25, 0.3) is 0 Å². The number of esters is 1. The van der Waals surface area contributed by atoms with Crippen LogP contribution in [0.15, 0.2) is 42.5 Å². The molecule has 0 aliphatic carbocycles. The second-order valence-electron chi connectivity index (χ2n) is 7.68. The minimum atomic E-state index is -0.669. The van der Waals surface area contributed by atoms with Gasteiger partial charge in [-0.2, -0.15) is 5.26 Å². The highest BCUT2D eigenvalue weighted by Gasteiger charge is 2.15. The summed E-state index contributed by atoms with van der Waals surface area (Å²) in [6.07, 6.45) is -0.0463. The first-order valence-corrected chi connectivity index (χ1v) is 9.47. The van der Waals surface area contributed by atoms with Gasteiger partial charge in [-0.05, 0) is 29.2 Å². The lowest BCUT2D eigenvalue weighted by Crippen LogP contribution is -2.22. The maximum atomic E-state index is 11.9. The number of hydrogen-bond acceptors (Lipinski definition) is 7. The van der Waals surface area contributed by atoms with E-state index in [1.165, 1.54) is 6.07 Å². The Morgan fingerprint density at radius 2 is 1.84 bits per heavy atom. The monoisotopic (exact) mass is 425 g/mol. The summed E-state index contributed by atoms with van der Waals surface area (Å²) in [7, 11) is 0. The number of nitro groups is 1. The average Bonchev–Trinajstić information content (AvgIpc) is 2.72. The van der Waals surface area contributed by atoms with Gasteiger partial charge >= 0.3 is 5.97 Å². The van der Waals surface area contributed by atoms with Gasteiger partial charge in [0.05, 0.1) is 29.2 Å². The molecule has 2 aromatic carbocycles. The number of nitrogens with zero attached hydrogens (tertiary/aromatic N) is 2. The zero-order valence-corrected chi connectivity index (χ0v) is 17.5. The van der Waals surface area contributed by atoms with E-state index in [1.54, 1.807) is 6.07 Å². The third-order valence-electron chi connectivity index (χ3n) is 4.27. The quantitative estimate of drug-likeness (QED) is 0.387. The highest BCUT2D eigenvalue weighted by atomic mass is 16.6. The van der Waals surface area contributed by atoms with Gasteiger partial charge in [0.2, 0.25) is 0 Å². The van der Waals surface area contributed by atoms with Crippen LogP contribution in [0.5, 0.6) is 5.75 Å². The van der Waals surface area contributed by atoms with E-state index in [0.29, 0.717) is 5.75 Å². The van der Waals surface area contributed by atoms with E-state index in [2.05, 4.69) is 26.1 Å². The van der Waals surface area contributed by atoms with Crippen LogP contribution in [0.2, 0.25) is 0 Å². The molecule has 1 amide bonds. The highest BCUT2D eigenvalue weighted by Crippen LogP contribution is 2.24. The van der Waals surface area contributed by atoms with Crippen LogP contribution in [-0.4, -0.2) is 30.0 Å². The number of carbonyl (C=O) groups excluding carboxylic acids is 2. The minimum Gasteiger partial charge on any atom is -0.493 e. The molecule has 0 unspecified atom stereocenters. The largest absolute Gasteiger partial charge is 0.493 e. The fourth-order valence-electron chi connectivity index (χ4n) is 2.56. The van der Waals surface area contributed by atoms with Crippen molar-refractivity contribution in [2.45, 2.75) is 32.6 Å². The molecule has 0 aromatic heterocycles. The molecule has 0 saturated heterocycles. The maximum Gasteiger partial charge on any atom is 0.309 e. The Morgan fingerprint density at radius 1 is 1.16 bits per heavy atom. The molecule has 0 aliphatic rings. The predicted molar refractivity (Wildman–Crippen MR) is 113 cm³/mol. The van der Waals surface area contributed by atoms with E-state index in [-0.39, 0.29) is 35.4 Å². The van der Waals surface area contributed by atoms with Crippen LogP contribution in [0, 0.1) is 21.4 Å². The molecule has 0 radical (unpaired) electrons. The molecule has 1 N–H and O–H groups in total. The van der Waals surface area contributed by atoms with Crippen molar-refractivity contribution in [3.8, 4) is 11.8 Å². The molecule has 0 atom stereocenters. The lowest BCUT2D eigenvalue weighted by Gasteiger charge is -2.19. The normalized spacial score (nSPS) is 10.6. The molecular formula is C22H23N3O6. The third kappa shape index (κ3) is 7.12. The first-order chi connectivity index (χ1) is 14.6. The van der Waals surface area contributed by atoms with Crippen LogP contribution < -0.4 is 10.1 Å². The topological polar surface area (TPSA) is 132 Å². The van der Waals surface area contributed by atoms with Gasteiger partial charge in [0.15, 0.2) is 6.61 Å². The summed E-state index contributed by atoms with van der Waals surface area (Å²) >= 11 is 0.